The lowest BCUT2D eigenvalue weighted by atomic mass is 10.2. The molecule has 8 nitrogen and oxygen atoms in total. The average Bonchev–Trinajstić information content (AvgIpc) is 3.24. The number of hydrogen-bond donors (Lipinski definition) is 2. The molecule has 0 radical (unpaired) electrons. The van der Waals surface area contributed by atoms with Crippen molar-refractivity contribution in [2.45, 2.75) is 4.90 Å². The predicted octanol–water partition coefficient (Wildman–Crippen LogP) is 3.03. The summed E-state index contributed by atoms with van der Waals surface area (Å²) in [7, 11) is -0.667. The summed E-state index contributed by atoms with van der Waals surface area (Å²) in [6.07, 6.45) is 1.41. The smallest absolute Gasteiger partial charge is 0.291 e. The number of benzene rings is 2. The highest BCUT2D eigenvalue weighted by Gasteiger charge is 2.17. The number of carbonyl (C=O) groups excluding carboxylic acids is 2. The molecule has 0 atom stereocenters. The molecule has 0 saturated heterocycles. The molecule has 0 fully saturated rings. The molecular formula is C20H19N3O5S. The monoisotopic (exact) mass is 413 g/mol. The molecule has 0 bridgehead atoms. The lowest BCUT2D eigenvalue weighted by Crippen LogP contribution is -2.22. The summed E-state index contributed by atoms with van der Waals surface area (Å²) in [5.41, 5.74) is 1.39. The molecular weight excluding hydrogens is 394 g/mol. The molecule has 0 unspecified atom stereocenters. The van der Waals surface area contributed by atoms with Crippen LogP contribution in [0, 0.1) is 0 Å². The van der Waals surface area contributed by atoms with Crippen LogP contribution in [0.25, 0.3) is 0 Å². The van der Waals surface area contributed by atoms with Crippen LogP contribution in [0.15, 0.2) is 76.2 Å². The van der Waals surface area contributed by atoms with E-state index >= 15 is 0 Å². The molecule has 150 valence electrons. The number of anilines is 2. The fourth-order valence-corrected chi connectivity index (χ4v) is 3.33. The summed E-state index contributed by atoms with van der Waals surface area (Å²) in [5, 5.41) is 5.40. The van der Waals surface area contributed by atoms with Crippen molar-refractivity contribution in [1.29, 1.82) is 0 Å². The summed E-state index contributed by atoms with van der Waals surface area (Å²) in [5.74, 6) is -0.562. The second-order valence-corrected chi connectivity index (χ2v) is 8.43. The van der Waals surface area contributed by atoms with E-state index in [1.807, 2.05) is 0 Å². The largest absolute Gasteiger partial charge is 0.459 e. The Morgan fingerprint density at radius 1 is 0.828 bits per heavy atom. The highest BCUT2D eigenvalue weighted by Crippen LogP contribution is 2.17. The highest BCUT2D eigenvalue weighted by atomic mass is 32.2. The maximum atomic E-state index is 12.4. The second kappa shape index (κ2) is 8.29. The van der Waals surface area contributed by atoms with Gasteiger partial charge in [-0.15, -0.1) is 0 Å². The lowest BCUT2D eigenvalue weighted by molar-refractivity contribution is 0.0994. The van der Waals surface area contributed by atoms with Crippen molar-refractivity contribution in [3.8, 4) is 0 Å². The van der Waals surface area contributed by atoms with Gasteiger partial charge in [0.25, 0.3) is 11.8 Å². The molecule has 1 aromatic heterocycles. The van der Waals surface area contributed by atoms with Crippen molar-refractivity contribution in [3.05, 3.63) is 78.3 Å². The highest BCUT2D eigenvalue weighted by molar-refractivity contribution is 7.89. The SMILES string of the molecule is CN(C)S(=O)(=O)c1ccc(C(=O)Nc2ccc(NC(=O)c3ccco3)cc2)cc1. The fraction of sp³-hybridized carbons (Fsp3) is 0.100. The van der Waals surface area contributed by atoms with Crippen LogP contribution in [-0.4, -0.2) is 38.6 Å². The fourth-order valence-electron chi connectivity index (χ4n) is 2.43. The van der Waals surface area contributed by atoms with E-state index in [2.05, 4.69) is 10.6 Å². The Hall–Kier alpha value is -3.43. The molecule has 3 aromatic rings. The molecule has 1 heterocycles. The molecule has 0 aliphatic rings. The molecule has 0 aliphatic heterocycles. The van der Waals surface area contributed by atoms with Crippen LogP contribution in [0.3, 0.4) is 0 Å². The minimum absolute atomic E-state index is 0.107. The number of nitrogens with zero attached hydrogens (tertiary/aromatic N) is 1. The van der Waals surface area contributed by atoms with Crippen LogP contribution in [0.4, 0.5) is 11.4 Å². The van der Waals surface area contributed by atoms with Gasteiger partial charge in [0, 0.05) is 31.0 Å². The molecule has 0 saturated carbocycles. The quantitative estimate of drug-likeness (QED) is 0.646. The molecule has 0 spiro atoms. The van der Waals surface area contributed by atoms with E-state index in [0.717, 1.165) is 4.31 Å². The summed E-state index contributed by atoms with van der Waals surface area (Å²) < 4.78 is 30.3. The van der Waals surface area contributed by atoms with E-state index in [4.69, 9.17) is 4.42 Å². The first-order chi connectivity index (χ1) is 13.8. The van der Waals surface area contributed by atoms with Gasteiger partial charge in [0.1, 0.15) is 0 Å². The van der Waals surface area contributed by atoms with Crippen molar-refractivity contribution >= 4 is 33.2 Å². The molecule has 2 aromatic carbocycles. The molecule has 29 heavy (non-hydrogen) atoms. The zero-order valence-corrected chi connectivity index (χ0v) is 16.6. The summed E-state index contributed by atoms with van der Waals surface area (Å²) in [4.78, 5) is 24.4. The van der Waals surface area contributed by atoms with E-state index in [1.165, 1.54) is 44.6 Å². The van der Waals surface area contributed by atoms with Gasteiger partial charge in [-0.2, -0.15) is 0 Å². The Bertz CT molecular complexity index is 1100. The van der Waals surface area contributed by atoms with Gasteiger partial charge >= 0.3 is 0 Å². The third kappa shape index (κ3) is 4.71. The van der Waals surface area contributed by atoms with Gasteiger partial charge in [-0.25, -0.2) is 12.7 Å². The van der Waals surface area contributed by atoms with E-state index in [9.17, 15) is 18.0 Å². The van der Waals surface area contributed by atoms with Gasteiger partial charge < -0.3 is 15.1 Å². The van der Waals surface area contributed by atoms with E-state index < -0.39 is 10.0 Å². The van der Waals surface area contributed by atoms with E-state index in [-0.39, 0.29) is 22.5 Å². The van der Waals surface area contributed by atoms with Gasteiger partial charge in [0.05, 0.1) is 11.2 Å². The van der Waals surface area contributed by atoms with Gasteiger partial charge in [0.15, 0.2) is 5.76 Å². The normalized spacial score (nSPS) is 11.3. The van der Waals surface area contributed by atoms with Gasteiger partial charge in [0.2, 0.25) is 10.0 Å². The number of amides is 2. The lowest BCUT2D eigenvalue weighted by Gasteiger charge is -2.12. The van der Waals surface area contributed by atoms with E-state index in [1.54, 1.807) is 36.4 Å². The topological polar surface area (TPSA) is 109 Å². The van der Waals surface area contributed by atoms with Crippen molar-refractivity contribution in [1.82, 2.24) is 4.31 Å². The number of furan rings is 1. The number of hydrogen-bond acceptors (Lipinski definition) is 5. The average molecular weight is 413 g/mol. The first-order valence-corrected chi connectivity index (χ1v) is 10.0. The van der Waals surface area contributed by atoms with Crippen molar-refractivity contribution in [3.63, 3.8) is 0 Å². The summed E-state index contributed by atoms with van der Waals surface area (Å²) >= 11 is 0. The Balaban J connectivity index is 1.64. The maximum Gasteiger partial charge on any atom is 0.291 e. The zero-order valence-electron chi connectivity index (χ0n) is 15.7. The first-order valence-electron chi connectivity index (χ1n) is 8.56. The molecule has 3 rings (SSSR count). The van der Waals surface area contributed by atoms with Crippen LogP contribution < -0.4 is 10.6 Å². The third-order valence-corrected chi connectivity index (χ3v) is 5.87. The number of rotatable bonds is 6. The van der Waals surface area contributed by atoms with Gasteiger partial charge in [-0.05, 0) is 60.7 Å². The standard InChI is InChI=1S/C20H19N3O5S/c1-23(2)29(26,27)17-11-5-14(6-12-17)19(24)21-15-7-9-16(10-8-15)22-20(25)18-4-3-13-28-18/h3-13H,1-2H3,(H,21,24)(H,22,25). The zero-order chi connectivity index (χ0) is 21.0. The van der Waals surface area contributed by atoms with E-state index in [0.29, 0.717) is 16.9 Å². The van der Waals surface area contributed by atoms with Crippen LogP contribution in [-0.2, 0) is 10.0 Å². The van der Waals surface area contributed by atoms with Gasteiger partial charge in [-0.1, -0.05) is 0 Å². The first kappa shape index (κ1) is 20.3. The number of nitrogens with one attached hydrogen (secondary N) is 2. The van der Waals surface area contributed by atoms with Crippen LogP contribution in [0.1, 0.15) is 20.9 Å². The van der Waals surface area contributed by atoms with Crippen LogP contribution >= 0.6 is 0 Å². The van der Waals surface area contributed by atoms with Crippen molar-refractivity contribution in [2.24, 2.45) is 0 Å². The Kier molecular flexibility index (Phi) is 5.81. The number of sulfonamides is 1. The van der Waals surface area contributed by atoms with Crippen molar-refractivity contribution < 1.29 is 22.4 Å². The van der Waals surface area contributed by atoms with Gasteiger partial charge in [-0.3, -0.25) is 9.59 Å². The van der Waals surface area contributed by atoms with Crippen molar-refractivity contribution in [2.75, 3.05) is 24.7 Å². The Labute approximate surface area is 168 Å². The van der Waals surface area contributed by atoms with Crippen LogP contribution in [0.2, 0.25) is 0 Å². The third-order valence-electron chi connectivity index (χ3n) is 4.04. The second-order valence-electron chi connectivity index (χ2n) is 6.27. The molecule has 2 N–H and O–H groups in total. The molecule has 2 amide bonds. The predicted molar refractivity (Wildman–Crippen MR) is 108 cm³/mol. The minimum atomic E-state index is -3.55. The van der Waals surface area contributed by atoms with Crippen LogP contribution in [0.5, 0.6) is 0 Å². The number of carbonyl (C=O) groups is 2. The maximum absolute atomic E-state index is 12.4. The summed E-state index contributed by atoms with van der Waals surface area (Å²) in [6.45, 7) is 0. The molecule has 0 aliphatic carbocycles. The Morgan fingerprint density at radius 2 is 1.38 bits per heavy atom. The minimum Gasteiger partial charge on any atom is -0.459 e. The Morgan fingerprint density at radius 3 is 1.86 bits per heavy atom. The summed E-state index contributed by atoms with van der Waals surface area (Å²) in [6, 6.07) is 15.4. The molecule has 9 heteroatoms.